The maximum absolute atomic E-state index is 12.8. The number of nitrogens with zero attached hydrogens (tertiary/aromatic N) is 2. The van der Waals surface area contributed by atoms with Crippen LogP contribution in [0.5, 0.6) is 0 Å². The van der Waals surface area contributed by atoms with E-state index < -0.39 is 17.6 Å². The van der Waals surface area contributed by atoms with Gasteiger partial charge in [0.05, 0.1) is 23.4 Å². The van der Waals surface area contributed by atoms with Gasteiger partial charge in [-0.2, -0.15) is 23.5 Å². The predicted molar refractivity (Wildman–Crippen MR) is 77.7 cm³/mol. The summed E-state index contributed by atoms with van der Waals surface area (Å²) in [6.07, 6.45) is -3.57. The molecule has 2 rings (SSSR count). The van der Waals surface area contributed by atoms with Crippen LogP contribution in [-0.2, 0) is 6.18 Å². The lowest BCUT2D eigenvalue weighted by atomic mass is 10.1. The van der Waals surface area contributed by atoms with Crippen LogP contribution < -0.4 is 5.43 Å². The van der Waals surface area contributed by atoms with Gasteiger partial charge in [0.2, 0.25) is 0 Å². The Bertz CT molecular complexity index is 774. The summed E-state index contributed by atoms with van der Waals surface area (Å²) >= 11 is 0. The van der Waals surface area contributed by atoms with Crippen LogP contribution in [0.1, 0.15) is 27.0 Å². The first kappa shape index (κ1) is 16.2. The lowest BCUT2D eigenvalue weighted by molar-refractivity contribution is -0.137. The number of rotatable bonds is 3. The summed E-state index contributed by atoms with van der Waals surface area (Å²) in [5.41, 5.74) is 1.79. The summed E-state index contributed by atoms with van der Waals surface area (Å²) in [5.74, 6) is -0.588. The van der Waals surface area contributed by atoms with Gasteiger partial charge in [-0.15, -0.1) is 0 Å². The van der Waals surface area contributed by atoms with E-state index in [9.17, 15) is 18.0 Å². The summed E-state index contributed by atoms with van der Waals surface area (Å²) in [5, 5.41) is 12.2. The van der Waals surface area contributed by atoms with Crippen molar-refractivity contribution in [1.29, 1.82) is 5.26 Å². The fourth-order valence-electron chi connectivity index (χ4n) is 1.79. The van der Waals surface area contributed by atoms with Crippen LogP contribution in [0.2, 0.25) is 0 Å². The normalized spacial score (nSPS) is 11.2. The molecule has 116 valence electrons. The number of hydrogen-bond donors (Lipinski definition) is 1. The van der Waals surface area contributed by atoms with Gasteiger partial charge in [-0.25, -0.2) is 5.43 Å². The van der Waals surface area contributed by atoms with Crippen LogP contribution in [0.4, 0.5) is 13.2 Å². The molecular weight excluding hydrogens is 307 g/mol. The second-order valence-corrected chi connectivity index (χ2v) is 4.47. The molecule has 2 aromatic rings. The molecule has 7 heteroatoms. The number of halogens is 3. The number of nitriles is 1. The van der Waals surface area contributed by atoms with Crippen molar-refractivity contribution in [2.45, 2.75) is 6.18 Å². The Hall–Kier alpha value is -3.14. The Labute approximate surface area is 129 Å². The molecule has 0 unspecified atom stereocenters. The molecule has 23 heavy (non-hydrogen) atoms. The Morgan fingerprint density at radius 3 is 2.39 bits per heavy atom. The fourth-order valence-corrected chi connectivity index (χ4v) is 1.79. The topological polar surface area (TPSA) is 65.2 Å². The number of nitrogens with one attached hydrogen (secondary N) is 1. The summed E-state index contributed by atoms with van der Waals surface area (Å²) in [7, 11) is 0. The Kier molecular flexibility index (Phi) is 4.76. The van der Waals surface area contributed by atoms with Crippen LogP contribution in [0.15, 0.2) is 53.6 Å². The highest BCUT2D eigenvalue weighted by Gasteiger charge is 2.32. The first-order valence-corrected chi connectivity index (χ1v) is 6.41. The predicted octanol–water partition coefficient (Wildman–Crippen LogP) is 3.34. The zero-order chi connectivity index (χ0) is 16.9. The van der Waals surface area contributed by atoms with Crippen LogP contribution in [0, 0.1) is 11.3 Å². The van der Waals surface area contributed by atoms with E-state index in [2.05, 4.69) is 10.5 Å². The van der Waals surface area contributed by atoms with E-state index in [-0.39, 0.29) is 11.1 Å². The molecule has 1 N–H and O–H groups in total. The maximum Gasteiger partial charge on any atom is 0.417 e. The zero-order valence-corrected chi connectivity index (χ0v) is 11.6. The second kappa shape index (κ2) is 6.75. The van der Waals surface area contributed by atoms with Crippen molar-refractivity contribution in [3.8, 4) is 6.07 Å². The monoisotopic (exact) mass is 317 g/mol. The number of hydrogen-bond acceptors (Lipinski definition) is 3. The average Bonchev–Trinajstić information content (AvgIpc) is 2.54. The van der Waals surface area contributed by atoms with E-state index in [1.807, 2.05) is 6.07 Å². The van der Waals surface area contributed by atoms with Crippen molar-refractivity contribution in [3.05, 3.63) is 70.8 Å². The SMILES string of the molecule is N#Cc1ccc(C(=O)N/N=C\c2ccccc2C(F)(F)F)cc1. The van der Waals surface area contributed by atoms with Gasteiger partial charge in [0.15, 0.2) is 0 Å². The van der Waals surface area contributed by atoms with E-state index in [4.69, 9.17) is 5.26 Å². The molecule has 0 aliphatic carbocycles. The third kappa shape index (κ3) is 4.17. The first-order valence-electron chi connectivity index (χ1n) is 6.41. The highest BCUT2D eigenvalue weighted by molar-refractivity contribution is 5.95. The van der Waals surface area contributed by atoms with Gasteiger partial charge in [-0.3, -0.25) is 4.79 Å². The fraction of sp³-hybridized carbons (Fsp3) is 0.0625. The number of amides is 1. The molecule has 0 radical (unpaired) electrons. The lowest BCUT2D eigenvalue weighted by Gasteiger charge is -2.09. The molecule has 0 aliphatic rings. The van der Waals surface area contributed by atoms with Crippen LogP contribution in [0.3, 0.4) is 0 Å². The quantitative estimate of drug-likeness (QED) is 0.697. The highest BCUT2D eigenvalue weighted by Crippen LogP contribution is 2.30. The summed E-state index contributed by atoms with van der Waals surface area (Å²) in [4.78, 5) is 11.8. The lowest BCUT2D eigenvalue weighted by Crippen LogP contribution is -2.18. The molecule has 0 spiro atoms. The van der Waals surface area contributed by atoms with Gasteiger partial charge in [0.1, 0.15) is 0 Å². The number of alkyl halides is 3. The molecule has 4 nitrogen and oxygen atoms in total. The summed E-state index contributed by atoms with van der Waals surface area (Å²) in [6, 6.07) is 12.6. The van der Waals surface area contributed by atoms with Crippen LogP contribution in [0.25, 0.3) is 0 Å². The summed E-state index contributed by atoms with van der Waals surface area (Å²) < 4.78 is 38.4. The minimum absolute atomic E-state index is 0.153. The standard InChI is InChI=1S/C16H10F3N3O/c17-16(18,19)14-4-2-1-3-13(14)10-21-22-15(23)12-7-5-11(9-20)6-8-12/h1-8,10H,(H,22,23)/b21-10-. The Morgan fingerprint density at radius 2 is 1.78 bits per heavy atom. The molecule has 0 atom stereocenters. The number of carbonyl (C=O) groups is 1. The average molecular weight is 317 g/mol. The largest absolute Gasteiger partial charge is 0.417 e. The molecule has 0 saturated heterocycles. The molecule has 2 aromatic carbocycles. The van der Waals surface area contributed by atoms with Gasteiger partial charge in [-0.1, -0.05) is 18.2 Å². The Balaban J connectivity index is 2.10. The highest BCUT2D eigenvalue weighted by atomic mass is 19.4. The molecule has 0 aliphatic heterocycles. The van der Waals surface area contributed by atoms with E-state index in [1.54, 1.807) is 0 Å². The number of carbonyl (C=O) groups excluding carboxylic acids is 1. The van der Waals surface area contributed by atoms with Crippen molar-refractivity contribution >= 4 is 12.1 Å². The van der Waals surface area contributed by atoms with Crippen molar-refractivity contribution in [3.63, 3.8) is 0 Å². The van der Waals surface area contributed by atoms with Crippen LogP contribution in [-0.4, -0.2) is 12.1 Å². The third-order valence-electron chi connectivity index (χ3n) is 2.91. The van der Waals surface area contributed by atoms with Gasteiger partial charge < -0.3 is 0 Å². The Morgan fingerprint density at radius 1 is 1.13 bits per heavy atom. The van der Waals surface area contributed by atoms with Gasteiger partial charge in [-0.05, 0) is 30.3 Å². The van der Waals surface area contributed by atoms with Crippen LogP contribution >= 0.6 is 0 Å². The van der Waals surface area contributed by atoms with E-state index in [1.165, 1.54) is 42.5 Å². The molecule has 0 fully saturated rings. The first-order chi connectivity index (χ1) is 10.9. The van der Waals surface area contributed by atoms with Crippen molar-refractivity contribution < 1.29 is 18.0 Å². The van der Waals surface area contributed by atoms with Crippen molar-refractivity contribution in [2.75, 3.05) is 0 Å². The molecule has 0 aromatic heterocycles. The molecule has 1 amide bonds. The maximum atomic E-state index is 12.8. The number of benzene rings is 2. The van der Waals surface area contributed by atoms with Gasteiger partial charge >= 0.3 is 6.18 Å². The van der Waals surface area contributed by atoms with Crippen molar-refractivity contribution in [2.24, 2.45) is 5.10 Å². The van der Waals surface area contributed by atoms with E-state index in [0.29, 0.717) is 5.56 Å². The number of hydrazone groups is 1. The van der Waals surface area contributed by atoms with Gasteiger partial charge in [0, 0.05) is 11.1 Å². The zero-order valence-electron chi connectivity index (χ0n) is 11.6. The smallest absolute Gasteiger partial charge is 0.267 e. The minimum atomic E-state index is -4.50. The molecular formula is C16H10F3N3O. The van der Waals surface area contributed by atoms with E-state index >= 15 is 0 Å². The van der Waals surface area contributed by atoms with E-state index in [0.717, 1.165) is 12.3 Å². The second-order valence-electron chi connectivity index (χ2n) is 4.47. The van der Waals surface area contributed by atoms with Crippen molar-refractivity contribution in [1.82, 2.24) is 5.43 Å². The molecule has 0 heterocycles. The molecule has 0 saturated carbocycles. The molecule has 0 bridgehead atoms. The minimum Gasteiger partial charge on any atom is -0.267 e. The third-order valence-corrected chi connectivity index (χ3v) is 2.91. The summed E-state index contributed by atoms with van der Waals surface area (Å²) in [6.45, 7) is 0. The van der Waals surface area contributed by atoms with Gasteiger partial charge in [0.25, 0.3) is 5.91 Å².